The summed E-state index contributed by atoms with van der Waals surface area (Å²) in [6.07, 6.45) is 3.35. The van der Waals surface area contributed by atoms with Gasteiger partial charge in [0.25, 0.3) is 0 Å². The van der Waals surface area contributed by atoms with E-state index in [-0.39, 0.29) is 12.2 Å². The van der Waals surface area contributed by atoms with Gasteiger partial charge in [-0.3, -0.25) is 4.90 Å². The lowest BCUT2D eigenvalue weighted by molar-refractivity contribution is -0.0607. The Morgan fingerprint density at radius 2 is 2.17 bits per heavy atom. The summed E-state index contributed by atoms with van der Waals surface area (Å²) in [4.78, 5) is 2.28. The first-order chi connectivity index (χ1) is 8.84. The van der Waals surface area contributed by atoms with Crippen LogP contribution in [0.5, 0.6) is 0 Å². The smallest absolute Gasteiger partial charge is 0.0900 e. The van der Waals surface area contributed by atoms with E-state index in [1.165, 1.54) is 12.8 Å². The van der Waals surface area contributed by atoms with Crippen molar-refractivity contribution in [3.63, 3.8) is 0 Å². The molecule has 2 unspecified atom stereocenters. The van der Waals surface area contributed by atoms with E-state index in [1.807, 2.05) is 0 Å². The third kappa shape index (κ3) is 5.20. The minimum absolute atomic E-state index is 0.241. The molecule has 2 N–H and O–H groups in total. The Balaban J connectivity index is 1.52. The molecule has 0 spiro atoms. The zero-order valence-corrected chi connectivity index (χ0v) is 11.1. The zero-order valence-electron chi connectivity index (χ0n) is 11.1. The maximum atomic E-state index is 9.90. The fourth-order valence-electron chi connectivity index (χ4n) is 2.52. The van der Waals surface area contributed by atoms with Crippen molar-refractivity contribution in [3.8, 4) is 0 Å². The van der Waals surface area contributed by atoms with Crippen molar-refractivity contribution >= 4 is 0 Å². The van der Waals surface area contributed by atoms with E-state index < -0.39 is 0 Å². The van der Waals surface area contributed by atoms with Gasteiger partial charge in [0.2, 0.25) is 0 Å². The standard InChI is InChI=1S/C13H26N2O3/c16-12(9-15-6-4-14-5-7-15)10-17-11-13-3-1-2-8-18-13/h12-14,16H,1-11H2. The van der Waals surface area contributed by atoms with Crippen molar-refractivity contribution in [2.24, 2.45) is 0 Å². The Morgan fingerprint density at radius 3 is 2.89 bits per heavy atom. The fraction of sp³-hybridized carbons (Fsp3) is 1.00. The number of nitrogens with one attached hydrogen (secondary N) is 1. The quantitative estimate of drug-likeness (QED) is 0.693. The van der Waals surface area contributed by atoms with Gasteiger partial charge in [-0.25, -0.2) is 0 Å². The average molecular weight is 258 g/mol. The Kier molecular flexibility index (Phi) is 6.37. The van der Waals surface area contributed by atoms with E-state index in [0.29, 0.717) is 19.8 Å². The van der Waals surface area contributed by atoms with Crippen LogP contribution in [-0.2, 0) is 9.47 Å². The van der Waals surface area contributed by atoms with Crippen LogP contribution in [0.25, 0.3) is 0 Å². The van der Waals surface area contributed by atoms with Gasteiger partial charge in [0.15, 0.2) is 0 Å². The monoisotopic (exact) mass is 258 g/mol. The van der Waals surface area contributed by atoms with Crippen LogP contribution in [0.3, 0.4) is 0 Å². The maximum Gasteiger partial charge on any atom is 0.0900 e. The van der Waals surface area contributed by atoms with E-state index in [2.05, 4.69) is 10.2 Å². The van der Waals surface area contributed by atoms with E-state index in [4.69, 9.17) is 9.47 Å². The topological polar surface area (TPSA) is 54.0 Å². The SMILES string of the molecule is OC(COCC1CCCCO1)CN1CCNCC1. The Morgan fingerprint density at radius 1 is 1.33 bits per heavy atom. The fourth-order valence-corrected chi connectivity index (χ4v) is 2.52. The Hall–Kier alpha value is -0.200. The van der Waals surface area contributed by atoms with Crippen molar-refractivity contribution in [3.05, 3.63) is 0 Å². The third-order valence-electron chi connectivity index (χ3n) is 3.57. The zero-order chi connectivity index (χ0) is 12.6. The molecule has 2 atom stereocenters. The van der Waals surface area contributed by atoms with Gasteiger partial charge in [0.1, 0.15) is 0 Å². The summed E-state index contributed by atoms with van der Waals surface area (Å²) >= 11 is 0. The molecule has 18 heavy (non-hydrogen) atoms. The molecule has 2 saturated heterocycles. The molecule has 2 rings (SSSR count). The molecule has 5 heteroatoms. The number of nitrogens with zero attached hydrogens (tertiary/aromatic N) is 1. The van der Waals surface area contributed by atoms with Gasteiger partial charge < -0.3 is 19.9 Å². The first-order valence-corrected chi connectivity index (χ1v) is 7.15. The molecule has 106 valence electrons. The molecule has 0 radical (unpaired) electrons. The number of rotatable bonds is 6. The summed E-state index contributed by atoms with van der Waals surface area (Å²) in [5.74, 6) is 0. The highest BCUT2D eigenvalue weighted by Gasteiger charge is 2.17. The molecule has 0 aromatic carbocycles. The molecular weight excluding hydrogens is 232 g/mol. The lowest BCUT2D eigenvalue weighted by Gasteiger charge is -2.29. The minimum atomic E-state index is -0.383. The number of piperazine rings is 1. The summed E-state index contributed by atoms with van der Waals surface area (Å²) in [5, 5.41) is 13.2. The normalized spacial score (nSPS) is 28.2. The maximum absolute atomic E-state index is 9.90. The second-order valence-electron chi connectivity index (χ2n) is 5.23. The summed E-state index contributed by atoms with van der Waals surface area (Å²) in [6, 6.07) is 0. The summed E-state index contributed by atoms with van der Waals surface area (Å²) in [7, 11) is 0. The second-order valence-corrected chi connectivity index (χ2v) is 5.23. The molecule has 0 aliphatic carbocycles. The van der Waals surface area contributed by atoms with Crippen molar-refractivity contribution < 1.29 is 14.6 Å². The highest BCUT2D eigenvalue weighted by atomic mass is 16.5. The number of ether oxygens (including phenoxy) is 2. The number of aliphatic hydroxyl groups excluding tert-OH is 1. The van der Waals surface area contributed by atoms with E-state index in [9.17, 15) is 5.11 Å². The molecule has 2 heterocycles. The van der Waals surface area contributed by atoms with Gasteiger partial charge in [0.05, 0.1) is 25.4 Å². The predicted octanol–water partition coefficient (Wildman–Crippen LogP) is -0.162. The summed E-state index contributed by atoms with van der Waals surface area (Å²) in [5.41, 5.74) is 0. The summed E-state index contributed by atoms with van der Waals surface area (Å²) < 4.78 is 11.1. The molecule has 0 amide bonds. The van der Waals surface area contributed by atoms with Gasteiger partial charge in [-0.2, -0.15) is 0 Å². The first kappa shape index (κ1) is 14.2. The molecule has 2 aliphatic heterocycles. The first-order valence-electron chi connectivity index (χ1n) is 7.15. The molecule has 0 bridgehead atoms. The molecule has 0 aromatic rings. The van der Waals surface area contributed by atoms with Gasteiger partial charge >= 0.3 is 0 Å². The van der Waals surface area contributed by atoms with Crippen LogP contribution in [0.4, 0.5) is 0 Å². The van der Waals surface area contributed by atoms with Crippen molar-refractivity contribution in [1.82, 2.24) is 10.2 Å². The van der Waals surface area contributed by atoms with Gasteiger partial charge in [-0.1, -0.05) is 0 Å². The van der Waals surface area contributed by atoms with Gasteiger partial charge in [-0.05, 0) is 19.3 Å². The van der Waals surface area contributed by atoms with E-state index in [0.717, 1.165) is 39.2 Å². The van der Waals surface area contributed by atoms with Crippen LogP contribution in [-0.4, -0.2) is 74.8 Å². The molecule has 0 aromatic heterocycles. The van der Waals surface area contributed by atoms with Crippen molar-refractivity contribution in [1.29, 1.82) is 0 Å². The third-order valence-corrected chi connectivity index (χ3v) is 3.57. The van der Waals surface area contributed by atoms with Crippen molar-refractivity contribution in [2.45, 2.75) is 31.5 Å². The molecule has 2 fully saturated rings. The minimum Gasteiger partial charge on any atom is -0.389 e. The molecule has 0 saturated carbocycles. The molecule has 2 aliphatic rings. The number of β-amino-alcohol motifs (C(OH)–C–C–N with tert-alkyl or cyclic N) is 1. The number of aliphatic hydroxyl groups is 1. The number of hydrogen-bond acceptors (Lipinski definition) is 5. The van der Waals surface area contributed by atoms with E-state index in [1.54, 1.807) is 0 Å². The average Bonchev–Trinajstić information content (AvgIpc) is 2.41. The molecule has 5 nitrogen and oxygen atoms in total. The van der Waals surface area contributed by atoms with Crippen LogP contribution in [0.1, 0.15) is 19.3 Å². The highest BCUT2D eigenvalue weighted by Crippen LogP contribution is 2.12. The van der Waals surface area contributed by atoms with Gasteiger partial charge in [-0.15, -0.1) is 0 Å². The predicted molar refractivity (Wildman–Crippen MR) is 69.7 cm³/mol. The van der Waals surface area contributed by atoms with Crippen LogP contribution in [0, 0.1) is 0 Å². The van der Waals surface area contributed by atoms with Crippen molar-refractivity contribution in [2.75, 3.05) is 52.5 Å². The largest absolute Gasteiger partial charge is 0.389 e. The van der Waals surface area contributed by atoms with Gasteiger partial charge in [0, 0.05) is 39.3 Å². The van der Waals surface area contributed by atoms with Crippen LogP contribution in [0.15, 0.2) is 0 Å². The molecular formula is C13H26N2O3. The Bertz CT molecular complexity index is 216. The highest BCUT2D eigenvalue weighted by molar-refractivity contribution is 4.71. The lowest BCUT2D eigenvalue weighted by atomic mass is 10.1. The Labute approximate surface area is 109 Å². The van der Waals surface area contributed by atoms with E-state index >= 15 is 0 Å². The van der Waals surface area contributed by atoms with Crippen LogP contribution in [0.2, 0.25) is 0 Å². The number of hydrogen-bond donors (Lipinski definition) is 2. The summed E-state index contributed by atoms with van der Waals surface area (Å²) in [6.45, 7) is 6.69. The lowest BCUT2D eigenvalue weighted by Crippen LogP contribution is -2.47. The van der Waals surface area contributed by atoms with Crippen LogP contribution < -0.4 is 5.32 Å². The van der Waals surface area contributed by atoms with Crippen LogP contribution >= 0.6 is 0 Å². The second kappa shape index (κ2) is 8.07.